The topological polar surface area (TPSA) is 248 Å². The van der Waals surface area contributed by atoms with Crippen molar-refractivity contribution in [2.45, 2.75) is 185 Å². The number of ketones is 3. The monoisotopic (exact) mass is 1100 g/mol. The molecule has 3 N–H and O–H groups in total. The van der Waals surface area contributed by atoms with E-state index in [-0.39, 0.29) is 54.1 Å². The number of sulfonamides is 1. The van der Waals surface area contributed by atoms with Crippen LogP contribution in [0.1, 0.15) is 126 Å². The lowest BCUT2D eigenvalue weighted by atomic mass is 9.78. The maximum absolute atomic E-state index is 14.6. The fraction of sp³-hybridized carbons (Fsp3) is 0.655. The van der Waals surface area contributed by atoms with Crippen LogP contribution in [0.15, 0.2) is 82.8 Å². The molecule has 0 unspecified atom stereocenters. The molecule has 5 rings (SSSR count). The van der Waals surface area contributed by atoms with Crippen molar-refractivity contribution in [3.05, 3.63) is 77.9 Å². The summed E-state index contributed by atoms with van der Waals surface area (Å²) in [5.41, 5.74) is 1.19. The highest BCUT2D eigenvalue weighted by Crippen LogP contribution is 2.38. The number of nitrogens with one attached hydrogen (secondary N) is 1. The second-order valence-electron chi connectivity index (χ2n) is 21.9. The largest absolute Gasteiger partial charge is 0.460 e. The SMILES string of the molecule is CO[C@H]1C[C@@H]2CC[C@@H](C)[C@@](O)(O2)C(=O)C(=O)N2CCCC[C@H]2C(=O)O[C@H]([C@H](C)C[C@@H]2CC[C@@H](OC(=O)NS(=O)(=O)c3ccccc3)[C@H](OC)C2)CC(=O)[C@H](C)/C=C(\C)[C@@H](O)[C@@H](OC)C(=O)[C@H](C)C[C@H](C)\C=C/C=C/C=C/1C. The van der Waals surface area contributed by atoms with Crippen LogP contribution in [0, 0.1) is 35.5 Å². The second-order valence-corrected chi connectivity index (χ2v) is 23.6. The molecule has 1 aromatic rings. The lowest BCUT2D eigenvalue weighted by Crippen LogP contribution is -2.61. The third-order valence-corrected chi connectivity index (χ3v) is 17.3. The fourth-order valence-corrected chi connectivity index (χ4v) is 12.1. The van der Waals surface area contributed by atoms with E-state index in [4.69, 9.17) is 28.4 Å². The number of allylic oxidation sites excluding steroid dienone is 6. The number of piperidine rings is 1. The third kappa shape index (κ3) is 16.8. The average molecular weight is 1100 g/mol. The number of cyclic esters (lactones) is 1. The number of aliphatic hydroxyl groups is 2. The van der Waals surface area contributed by atoms with Gasteiger partial charge in [0.2, 0.25) is 5.79 Å². The molecule has 3 heterocycles. The highest BCUT2D eigenvalue weighted by Gasteiger charge is 2.53. The molecule has 19 heteroatoms. The molecule has 2 saturated heterocycles. The molecule has 2 bridgehead atoms. The number of nitrogens with zero attached hydrogens (tertiary/aromatic N) is 1. The van der Waals surface area contributed by atoms with Gasteiger partial charge in [-0.25, -0.2) is 22.7 Å². The smallest absolute Gasteiger partial charge is 0.421 e. The van der Waals surface area contributed by atoms with Gasteiger partial charge in [-0.3, -0.25) is 19.2 Å². The third-order valence-electron chi connectivity index (χ3n) is 16.0. The molecule has 0 spiro atoms. The van der Waals surface area contributed by atoms with Gasteiger partial charge in [-0.1, -0.05) is 89.3 Å². The Morgan fingerprint density at radius 3 is 2.25 bits per heavy atom. The summed E-state index contributed by atoms with van der Waals surface area (Å²) >= 11 is 0. The molecular weight excluding hydrogens is 1010 g/mol. The van der Waals surface area contributed by atoms with Crippen molar-refractivity contribution < 1.29 is 75.8 Å². The Labute approximate surface area is 455 Å². The summed E-state index contributed by atoms with van der Waals surface area (Å²) in [5.74, 6) is -8.88. The summed E-state index contributed by atoms with van der Waals surface area (Å²) in [4.78, 5) is 85.4. The summed E-state index contributed by atoms with van der Waals surface area (Å²) in [6, 6.07) is 6.19. The zero-order valence-electron chi connectivity index (χ0n) is 46.6. The van der Waals surface area contributed by atoms with Crippen LogP contribution in [-0.4, -0.2) is 141 Å². The fourth-order valence-electron chi connectivity index (χ4n) is 11.2. The van der Waals surface area contributed by atoms with E-state index in [2.05, 4.69) is 0 Å². The molecule has 2 amide bonds. The van der Waals surface area contributed by atoms with Crippen LogP contribution in [0.5, 0.6) is 0 Å². The van der Waals surface area contributed by atoms with Crippen LogP contribution < -0.4 is 4.72 Å². The van der Waals surface area contributed by atoms with Gasteiger partial charge in [-0.15, -0.1) is 0 Å². The molecule has 18 nitrogen and oxygen atoms in total. The summed E-state index contributed by atoms with van der Waals surface area (Å²) in [7, 11) is 0.174. The van der Waals surface area contributed by atoms with Crippen molar-refractivity contribution in [2.75, 3.05) is 27.9 Å². The summed E-state index contributed by atoms with van der Waals surface area (Å²) < 4.78 is 62.9. The van der Waals surface area contributed by atoms with E-state index >= 15 is 0 Å². The van der Waals surface area contributed by atoms with Crippen molar-refractivity contribution in [1.82, 2.24) is 9.62 Å². The van der Waals surface area contributed by atoms with Crippen LogP contribution in [-0.2, 0) is 62.4 Å². The lowest BCUT2D eigenvalue weighted by Gasteiger charge is -2.42. The number of Topliss-reactive ketones (excluding diaryl/α,β-unsaturated/α-hetero) is 3. The molecule has 1 saturated carbocycles. The minimum absolute atomic E-state index is 0.0167. The Morgan fingerprint density at radius 2 is 1.57 bits per heavy atom. The van der Waals surface area contributed by atoms with E-state index in [9.17, 15) is 47.4 Å². The van der Waals surface area contributed by atoms with E-state index in [1.807, 2.05) is 55.9 Å². The number of methoxy groups -OCH3 is 3. The molecule has 0 aromatic heterocycles. The van der Waals surface area contributed by atoms with Crippen LogP contribution in [0.3, 0.4) is 0 Å². The predicted molar refractivity (Wildman–Crippen MR) is 286 cm³/mol. The Bertz CT molecular complexity index is 2440. The minimum Gasteiger partial charge on any atom is -0.460 e. The molecule has 0 radical (unpaired) electrons. The van der Waals surface area contributed by atoms with Crippen molar-refractivity contribution >= 4 is 45.3 Å². The Balaban J connectivity index is 1.43. The lowest BCUT2D eigenvalue weighted by molar-refractivity contribution is -0.265. The molecule has 15 atom stereocenters. The number of hydrogen-bond acceptors (Lipinski definition) is 16. The predicted octanol–water partition coefficient (Wildman–Crippen LogP) is 7.30. The van der Waals surface area contributed by atoms with Crippen molar-refractivity contribution in [2.24, 2.45) is 35.5 Å². The van der Waals surface area contributed by atoms with Crippen LogP contribution in [0.25, 0.3) is 0 Å². The number of fused-ring (bicyclic) bond motifs is 3. The maximum Gasteiger partial charge on any atom is 0.421 e. The summed E-state index contributed by atoms with van der Waals surface area (Å²) in [6.07, 6.45) is 7.84. The highest BCUT2D eigenvalue weighted by atomic mass is 32.2. The Kier molecular flexibility index (Phi) is 23.6. The summed E-state index contributed by atoms with van der Waals surface area (Å²) in [5, 5.41) is 23.6. The average Bonchev–Trinajstić information content (AvgIpc) is 3.42. The van der Waals surface area contributed by atoms with Crippen LogP contribution in [0.2, 0.25) is 0 Å². The number of rotatable bonds is 9. The Morgan fingerprint density at radius 1 is 0.857 bits per heavy atom. The van der Waals surface area contributed by atoms with Gasteiger partial charge in [0.15, 0.2) is 5.78 Å². The number of carbonyl (C=O) groups is 6. The van der Waals surface area contributed by atoms with Gasteiger partial charge < -0.3 is 43.5 Å². The first-order valence-electron chi connectivity index (χ1n) is 27.2. The van der Waals surface area contributed by atoms with Gasteiger partial charge >= 0.3 is 12.1 Å². The van der Waals surface area contributed by atoms with Gasteiger partial charge in [0, 0.05) is 58.5 Å². The van der Waals surface area contributed by atoms with E-state index < -0.39 is 112 Å². The number of carbonyl (C=O) groups excluding carboxylic acids is 6. The molecular formula is C58H84N2O16S. The van der Waals surface area contributed by atoms with Crippen LogP contribution in [0.4, 0.5) is 4.79 Å². The summed E-state index contributed by atoms with van der Waals surface area (Å²) in [6.45, 7) is 12.5. The Hall–Kier alpha value is -4.89. The molecule has 428 valence electrons. The maximum atomic E-state index is 14.6. The molecule has 1 aliphatic carbocycles. The van der Waals surface area contributed by atoms with Gasteiger partial charge in [0.05, 0.1) is 23.2 Å². The first kappa shape index (κ1) is 62.9. The molecule has 77 heavy (non-hydrogen) atoms. The van der Waals surface area contributed by atoms with Gasteiger partial charge in [0.1, 0.15) is 36.2 Å². The standard InChI is InChI=1S/C58H84N2O16S/c1-35-19-13-11-14-20-36(2)48(71-8)33-43-26-24-41(7)58(68,76-43)54(64)55(65)60-28-18-17-23-45(60)56(66)74-49(34-46(61)37(3)30-40(6)52(63)53(73-10)51(62)39(5)29-35)38(4)31-42-25-27-47(50(32-42)72-9)75-57(67)59-77(69,70)44-21-15-12-16-22-44/h11-16,19-22,30,35,37-39,41-43,45,47-50,52-53,63,68H,17-18,23-29,31-34H2,1-10H3,(H,59,67)/b14-11+,19-13-,36-20+,40-30+/t35-,37-,38-,39-,41-,42+,43+,45+,47-,48+,49+,50-,52-,53+,58-/m1/s1. The number of hydrogen-bond donors (Lipinski definition) is 3. The molecule has 4 aliphatic rings. The van der Waals surface area contributed by atoms with Crippen molar-refractivity contribution in [1.29, 1.82) is 0 Å². The first-order valence-corrected chi connectivity index (χ1v) is 28.7. The van der Waals surface area contributed by atoms with Gasteiger partial charge in [0.25, 0.3) is 21.7 Å². The van der Waals surface area contributed by atoms with Gasteiger partial charge in [-0.05, 0) is 119 Å². The number of benzene rings is 1. The van der Waals surface area contributed by atoms with E-state index in [1.165, 1.54) is 38.5 Å². The van der Waals surface area contributed by atoms with Crippen LogP contribution >= 0.6 is 0 Å². The quantitative estimate of drug-likeness (QED) is 0.125. The number of ether oxygens (including phenoxy) is 6. The van der Waals surface area contributed by atoms with Gasteiger partial charge in [-0.2, -0.15) is 0 Å². The van der Waals surface area contributed by atoms with E-state index in [0.717, 1.165) is 10.5 Å². The number of esters is 1. The van der Waals surface area contributed by atoms with Crippen molar-refractivity contribution in [3.8, 4) is 0 Å². The minimum atomic E-state index is -4.20. The normalized spacial score (nSPS) is 36.0. The molecule has 3 aliphatic heterocycles. The second kappa shape index (κ2) is 28.8. The van der Waals surface area contributed by atoms with Crippen molar-refractivity contribution in [3.63, 3.8) is 0 Å². The van der Waals surface area contributed by atoms with E-state index in [1.54, 1.807) is 46.9 Å². The number of amides is 2. The zero-order chi connectivity index (χ0) is 56.8. The number of aliphatic hydroxyl groups excluding tert-OH is 1. The first-order chi connectivity index (χ1) is 36.4. The van der Waals surface area contributed by atoms with E-state index in [0.29, 0.717) is 63.4 Å². The molecule has 3 fully saturated rings. The zero-order valence-corrected chi connectivity index (χ0v) is 47.4. The highest BCUT2D eigenvalue weighted by molar-refractivity contribution is 7.90. The molecule has 1 aromatic carbocycles.